The molecule has 0 fully saturated rings. The van der Waals surface area contributed by atoms with Gasteiger partial charge in [-0.3, -0.25) is 0 Å². The molecule has 0 radical (unpaired) electrons. The van der Waals surface area contributed by atoms with Crippen LogP contribution in [0.2, 0.25) is 0 Å². The van der Waals surface area contributed by atoms with E-state index in [-0.39, 0.29) is 5.92 Å². The Morgan fingerprint density at radius 3 is 2.94 bits per heavy atom. The van der Waals surface area contributed by atoms with E-state index in [0.717, 1.165) is 10.2 Å². The summed E-state index contributed by atoms with van der Waals surface area (Å²) in [7, 11) is 0. The van der Waals surface area contributed by atoms with Crippen LogP contribution in [0.25, 0.3) is 0 Å². The Hall–Kier alpha value is -0.710. The zero-order valence-corrected chi connectivity index (χ0v) is 11.4. The van der Waals surface area contributed by atoms with Crippen LogP contribution in [-0.4, -0.2) is 10.9 Å². The molecule has 4 heteroatoms. The lowest BCUT2D eigenvalue weighted by Gasteiger charge is -2.16. The van der Waals surface area contributed by atoms with Crippen molar-refractivity contribution in [2.45, 2.75) is 16.9 Å². The van der Waals surface area contributed by atoms with Crippen molar-refractivity contribution in [3.8, 4) is 0 Å². The fourth-order valence-corrected chi connectivity index (χ4v) is 3.87. The number of aliphatic hydroxyl groups is 1. The molecule has 2 heterocycles. The van der Waals surface area contributed by atoms with E-state index in [9.17, 15) is 5.11 Å². The van der Waals surface area contributed by atoms with Gasteiger partial charge in [-0.1, -0.05) is 18.2 Å². The Labute approximate surface area is 112 Å². The number of hydrogen-bond acceptors (Lipinski definition) is 3. The number of halogens is 1. The molecule has 2 aromatic rings. The van der Waals surface area contributed by atoms with E-state index in [0.29, 0.717) is 5.76 Å². The largest absolute Gasteiger partial charge is 0.465 e. The Kier molecular flexibility index (Phi) is 3.03. The zero-order valence-electron chi connectivity index (χ0n) is 8.97. The predicted octanol–water partition coefficient (Wildman–Crippen LogP) is 3.97. The third kappa shape index (κ3) is 1.94. The second kappa shape index (κ2) is 4.52. The van der Waals surface area contributed by atoms with Gasteiger partial charge in [-0.15, -0.1) is 11.8 Å². The fourth-order valence-electron chi connectivity index (χ4n) is 2.15. The number of aliphatic hydroxyl groups excluding tert-OH is 1. The van der Waals surface area contributed by atoms with Crippen molar-refractivity contribution in [3.63, 3.8) is 0 Å². The minimum absolute atomic E-state index is 0.110. The third-order valence-electron chi connectivity index (χ3n) is 3.03. The van der Waals surface area contributed by atoms with Crippen molar-refractivity contribution in [1.29, 1.82) is 0 Å². The summed E-state index contributed by atoms with van der Waals surface area (Å²) in [6, 6.07) is 10.0. The lowest BCUT2D eigenvalue weighted by molar-refractivity contribution is 0.126. The third-order valence-corrected chi connectivity index (χ3v) is 4.90. The maximum absolute atomic E-state index is 10.4. The maximum atomic E-state index is 10.4. The first-order valence-corrected chi connectivity index (χ1v) is 7.18. The van der Waals surface area contributed by atoms with Gasteiger partial charge in [0, 0.05) is 16.6 Å². The minimum atomic E-state index is -0.587. The lowest BCUT2D eigenvalue weighted by Crippen LogP contribution is -2.10. The van der Waals surface area contributed by atoms with Crippen LogP contribution in [0.1, 0.15) is 23.3 Å². The summed E-state index contributed by atoms with van der Waals surface area (Å²) < 4.78 is 6.18. The van der Waals surface area contributed by atoms with Crippen LogP contribution < -0.4 is 0 Å². The summed E-state index contributed by atoms with van der Waals surface area (Å²) in [5, 5.41) is 10.4. The smallest absolute Gasteiger partial charge is 0.147 e. The highest BCUT2D eigenvalue weighted by Gasteiger charge is 2.32. The molecule has 1 aliphatic heterocycles. The van der Waals surface area contributed by atoms with E-state index in [1.807, 2.05) is 18.2 Å². The summed E-state index contributed by atoms with van der Waals surface area (Å²) in [4.78, 5) is 1.26. The van der Waals surface area contributed by atoms with Gasteiger partial charge in [-0.2, -0.15) is 0 Å². The van der Waals surface area contributed by atoms with Crippen LogP contribution in [-0.2, 0) is 0 Å². The van der Waals surface area contributed by atoms with Gasteiger partial charge in [0.15, 0.2) is 0 Å². The average molecular weight is 311 g/mol. The average Bonchev–Trinajstić information content (AvgIpc) is 2.94. The van der Waals surface area contributed by atoms with Gasteiger partial charge in [-0.05, 0) is 33.6 Å². The van der Waals surface area contributed by atoms with Gasteiger partial charge in [0.05, 0.1) is 10.7 Å². The van der Waals surface area contributed by atoms with Gasteiger partial charge in [-0.25, -0.2) is 0 Å². The van der Waals surface area contributed by atoms with Crippen molar-refractivity contribution in [3.05, 3.63) is 52.4 Å². The first-order valence-electron chi connectivity index (χ1n) is 5.40. The molecule has 0 aliphatic carbocycles. The fraction of sp³-hybridized carbons (Fsp3) is 0.231. The molecular weight excluding hydrogens is 300 g/mol. The molecule has 0 amide bonds. The number of thioether (sulfide) groups is 1. The molecule has 3 rings (SSSR count). The van der Waals surface area contributed by atoms with Crippen LogP contribution in [0, 0.1) is 0 Å². The molecule has 1 aliphatic rings. The zero-order chi connectivity index (χ0) is 11.8. The van der Waals surface area contributed by atoms with Crippen LogP contribution in [0.3, 0.4) is 0 Å². The number of furan rings is 1. The van der Waals surface area contributed by atoms with E-state index in [2.05, 4.69) is 28.1 Å². The molecule has 1 N–H and O–H groups in total. The lowest BCUT2D eigenvalue weighted by atomic mass is 9.94. The van der Waals surface area contributed by atoms with Gasteiger partial charge in [0.25, 0.3) is 0 Å². The van der Waals surface area contributed by atoms with E-state index in [1.165, 1.54) is 10.5 Å². The first-order chi connectivity index (χ1) is 8.27. The van der Waals surface area contributed by atoms with Gasteiger partial charge >= 0.3 is 0 Å². The molecule has 17 heavy (non-hydrogen) atoms. The maximum Gasteiger partial charge on any atom is 0.147 e. The Morgan fingerprint density at radius 2 is 2.18 bits per heavy atom. The molecule has 1 aromatic carbocycles. The summed E-state index contributed by atoms with van der Waals surface area (Å²) in [5.74, 6) is 1.62. The normalized spacial score (nSPS) is 20.2. The highest BCUT2D eigenvalue weighted by atomic mass is 79.9. The molecule has 0 saturated heterocycles. The molecule has 2 unspecified atom stereocenters. The summed E-state index contributed by atoms with van der Waals surface area (Å²) in [6.07, 6.45) is 1.01. The van der Waals surface area contributed by atoms with Crippen molar-refractivity contribution < 1.29 is 9.52 Å². The van der Waals surface area contributed by atoms with E-state index >= 15 is 0 Å². The standard InChI is InChI=1S/C13H11BrO2S/c14-10-5-6-16-13(10)12(15)9-7-17-11-4-2-1-3-8(9)11/h1-6,9,12,15H,7H2. The molecule has 88 valence electrons. The summed E-state index contributed by atoms with van der Waals surface area (Å²) in [6.45, 7) is 0. The Bertz CT molecular complexity index is 538. The van der Waals surface area contributed by atoms with Crippen molar-refractivity contribution in [1.82, 2.24) is 0 Å². The SMILES string of the molecule is OC(c1occc1Br)C1CSc2ccccc21. The highest BCUT2D eigenvalue weighted by Crippen LogP contribution is 2.46. The van der Waals surface area contributed by atoms with E-state index < -0.39 is 6.10 Å². The highest BCUT2D eigenvalue weighted by molar-refractivity contribution is 9.10. The van der Waals surface area contributed by atoms with Crippen molar-refractivity contribution in [2.24, 2.45) is 0 Å². The quantitative estimate of drug-likeness (QED) is 0.911. The van der Waals surface area contributed by atoms with E-state index in [4.69, 9.17) is 4.42 Å². The number of rotatable bonds is 2. The van der Waals surface area contributed by atoms with Crippen molar-refractivity contribution in [2.75, 3.05) is 5.75 Å². The number of hydrogen-bond donors (Lipinski definition) is 1. The Morgan fingerprint density at radius 1 is 1.35 bits per heavy atom. The number of benzene rings is 1. The second-order valence-corrected chi connectivity index (χ2v) is 5.95. The predicted molar refractivity (Wildman–Crippen MR) is 71.3 cm³/mol. The van der Waals surface area contributed by atoms with Gasteiger partial charge in [0.1, 0.15) is 11.9 Å². The molecule has 0 spiro atoms. The molecule has 1 aromatic heterocycles. The number of fused-ring (bicyclic) bond motifs is 1. The van der Waals surface area contributed by atoms with Crippen LogP contribution >= 0.6 is 27.7 Å². The molecule has 0 saturated carbocycles. The molecule has 2 nitrogen and oxygen atoms in total. The van der Waals surface area contributed by atoms with Gasteiger partial charge < -0.3 is 9.52 Å². The molecular formula is C13H11BrO2S. The molecule has 0 bridgehead atoms. The monoisotopic (exact) mass is 310 g/mol. The van der Waals surface area contributed by atoms with Gasteiger partial charge in [0.2, 0.25) is 0 Å². The van der Waals surface area contributed by atoms with Crippen LogP contribution in [0.4, 0.5) is 0 Å². The van der Waals surface area contributed by atoms with Crippen LogP contribution in [0.15, 0.2) is 50.4 Å². The summed E-state index contributed by atoms with van der Waals surface area (Å²) >= 11 is 5.18. The minimum Gasteiger partial charge on any atom is -0.465 e. The van der Waals surface area contributed by atoms with E-state index in [1.54, 1.807) is 18.0 Å². The molecule has 2 atom stereocenters. The van der Waals surface area contributed by atoms with Crippen LogP contribution in [0.5, 0.6) is 0 Å². The second-order valence-electron chi connectivity index (χ2n) is 4.03. The Balaban J connectivity index is 1.95. The summed E-state index contributed by atoms with van der Waals surface area (Å²) in [5.41, 5.74) is 1.22. The van der Waals surface area contributed by atoms with Crippen molar-refractivity contribution >= 4 is 27.7 Å². The topological polar surface area (TPSA) is 33.4 Å². The first kappa shape index (κ1) is 11.4.